The van der Waals surface area contributed by atoms with Gasteiger partial charge in [0.05, 0.1) is 70.4 Å². The Morgan fingerprint density at radius 2 is 0.880 bits per heavy atom. The second-order valence-corrected chi connectivity index (χ2v) is 15.9. The van der Waals surface area contributed by atoms with E-state index in [-0.39, 0.29) is 78.5 Å². The maximum atomic E-state index is 12.9. The average Bonchev–Trinajstić information content (AvgIpc) is 3.59. The van der Waals surface area contributed by atoms with Gasteiger partial charge in [0.1, 0.15) is 58.2 Å². The first-order valence-corrected chi connectivity index (χ1v) is 18.7. The van der Waals surface area contributed by atoms with E-state index < -0.39 is 0 Å². The third kappa shape index (κ3) is 9.70. The number of nitro groups is 1. The molecule has 0 saturated carbocycles. The van der Waals surface area contributed by atoms with Gasteiger partial charge in [-0.05, 0) is 6.92 Å². The molecule has 6 aliphatic rings. The molecule has 288 valence electrons. The zero-order valence-electron chi connectivity index (χ0n) is 30.2. The largest absolute Gasteiger partial charge is 1.00 e. The number of anilines is 2. The molecule has 1 aromatic heterocycles. The lowest BCUT2D eigenvalue weighted by Crippen LogP contribution is -3.00. The van der Waals surface area contributed by atoms with Gasteiger partial charge in [-0.1, -0.05) is 0 Å². The molecule has 6 aliphatic heterocycles. The van der Waals surface area contributed by atoms with E-state index in [0.29, 0.717) is 17.5 Å². The lowest BCUT2D eigenvalue weighted by molar-refractivity contribution is -1.03. The van der Waals surface area contributed by atoms with Crippen LogP contribution in [0.4, 0.5) is 17.3 Å². The summed E-state index contributed by atoms with van der Waals surface area (Å²) in [6, 6.07) is 0. The van der Waals surface area contributed by atoms with E-state index in [4.69, 9.17) is 9.97 Å². The molecule has 0 aromatic carbocycles. The van der Waals surface area contributed by atoms with Gasteiger partial charge >= 0.3 is 5.69 Å². The molecule has 7 heterocycles. The van der Waals surface area contributed by atoms with Crippen molar-refractivity contribution in [3.05, 3.63) is 15.9 Å². The SMILES string of the molecule is Cc1nc(N2CCC[N+]3(CC2)CC[N+]2(CCCNCC2)CC3)c([N+](=O)[O-])c(N2CCC[N+]3(CC2)CC[N+]2(CCCNCC2)CC3)n1.[Br-].[Br-].[Br-].[Br-]. The van der Waals surface area contributed by atoms with Crippen molar-refractivity contribution in [3.63, 3.8) is 0 Å². The summed E-state index contributed by atoms with van der Waals surface area (Å²) in [5.74, 6) is 1.76. The lowest BCUT2D eigenvalue weighted by atomic mass is 10.1. The predicted molar refractivity (Wildman–Crippen MR) is 181 cm³/mol. The van der Waals surface area contributed by atoms with Crippen LogP contribution in [0.1, 0.15) is 31.5 Å². The van der Waals surface area contributed by atoms with Crippen molar-refractivity contribution < 1.29 is 90.8 Å². The van der Waals surface area contributed by atoms with E-state index in [0.717, 1.165) is 87.3 Å². The summed E-state index contributed by atoms with van der Waals surface area (Å²) in [5, 5.41) is 20.1. The van der Waals surface area contributed by atoms with Crippen molar-refractivity contribution in [1.29, 1.82) is 0 Å². The highest BCUT2D eigenvalue weighted by Crippen LogP contribution is 2.37. The van der Waals surface area contributed by atoms with Crippen LogP contribution in [0.3, 0.4) is 0 Å². The van der Waals surface area contributed by atoms with Gasteiger partial charge in [-0.3, -0.25) is 10.1 Å². The molecular formula is C33H61Br4N11O2. The van der Waals surface area contributed by atoms with Gasteiger partial charge in [-0.2, -0.15) is 0 Å². The highest BCUT2D eigenvalue weighted by atomic mass is 79.9. The molecule has 13 nitrogen and oxygen atoms in total. The van der Waals surface area contributed by atoms with Crippen LogP contribution in [0.15, 0.2) is 0 Å². The Morgan fingerprint density at radius 3 is 1.26 bits per heavy atom. The number of hydrogen-bond donors (Lipinski definition) is 2. The van der Waals surface area contributed by atoms with Crippen LogP contribution in [-0.2, 0) is 0 Å². The molecule has 7 rings (SSSR count). The Hall–Kier alpha value is -0.240. The van der Waals surface area contributed by atoms with Crippen LogP contribution < -0.4 is 88.4 Å². The molecular weight excluding hydrogens is 902 g/mol. The minimum atomic E-state index is -0.182. The van der Waals surface area contributed by atoms with Crippen molar-refractivity contribution >= 4 is 17.3 Å². The normalized spacial score (nSPS) is 33.5. The monoisotopic (exact) mass is 959 g/mol. The van der Waals surface area contributed by atoms with Crippen molar-refractivity contribution in [2.75, 3.05) is 167 Å². The molecule has 17 heteroatoms. The van der Waals surface area contributed by atoms with Crippen LogP contribution in [-0.4, -0.2) is 190 Å². The number of aryl methyl sites for hydroxylation is 1. The van der Waals surface area contributed by atoms with E-state index in [1.165, 1.54) is 113 Å². The first-order valence-electron chi connectivity index (χ1n) is 18.7. The third-order valence-electron chi connectivity index (χ3n) is 13.2. The molecule has 50 heavy (non-hydrogen) atoms. The van der Waals surface area contributed by atoms with Crippen LogP contribution in [0.2, 0.25) is 0 Å². The van der Waals surface area contributed by atoms with Gasteiger partial charge in [0.15, 0.2) is 0 Å². The first-order chi connectivity index (χ1) is 22.3. The fraction of sp³-hybridized carbons (Fsp3) is 0.879. The number of piperazine rings is 2. The van der Waals surface area contributed by atoms with Crippen molar-refractivity contribution in [2.24, 2.45) is 0 Å². The maximum Gasteiger partial charge on any atom is 0.353 e. The molecule has 0 unspecified atom stereocenters. The molecule has 0 radical (unpaired) electrons. The number of halogens is 4. The molecule has 2 N–H and O–H groups in total. The fourth-order valence-electron chi connectivity index (χ4n) is 9.99. The van der Waals surface area contributed by atoms with Gasteiger partial charge in [0, 0.05) is 65.0 Å². The Morgan fingerprint density at radius 1 is 0.520 bits per heavy atom. The summed E-state index contributed by atoms with van der Waals surface area (Å²) in [6.45, 7) is 29.4. The molecule has 6 fully saturated rings. The summed E-state index contributed by atoms with van der Waals surface area (Å²) < 4.78 is 4.89. The topological polar surface area (TPSA) is 99.5 Å². The molecule has 0 bridgehead atoms. The second kappa shape index (κ2) is 18.9. The van der Waals surface area contributed by atoms with Crippen molar-refractivity contribution in [3.8, 4) is 0 Å². The molecule has 1 aromatic rings. The lowest BCUT2D eigenvalue weighted by Gasteiger charge is -2.49. The van der Waals surface area contributed by atoms with Crippen LogP contribution in [0.25, 0.3) is 0 Å². The molecule has 0 atom stereocenters. The number of rotatable bonds is 3. The van der Waals surface area contributed by atoms with Gasteiger partial charge < -0.3 is 106 Å². The van der Waals surface area contributed by atoms with E-state index in [1.54, 1.807) is 0 Å². The van der Waals surface area contributed by atoms with E-state index in [1.807, 2.05) is 6.92 Å². The van der Waals surface area contributed by atoms with Crippen LogP contribution in [0, 0.1) is 17.0 Å². The zero-order valence-corrected chi connectivity index (χ0v) is 36.5. The Bertz CT molecular complexity index is 1150. The number of hydrogen-bond acceptors (Lipinski definition) is 8. The number of nitrogens with zero attached hydrogens (tertiary/aromatic N) is 9. The summed E-state index contributed by atoms with van der Waals surface area (Å²) in [5.41, 5.74) is 0.132. The van der Waals surface area contributed by atoms with Gasteiger partial charge in [0.2, 0.25) is 11.6 Å². The Balaban J connectivity index is 0.00000169. The van der Waals surface area contributed by atoms with E-state index in [2.05, 4.69) is 20.4 Å². The fourth-order valence-corrected chi connectivity index (χ4v) is 9.99. The zero-order chi connectivity index (χ0) is 31.7. The molecule has 6 saturated heterocycles. The standard InChI is InChI=1S/C33H61N11O2.4BrH/c1-30-36-32(38-10-4-16-43(20-12-38)26-22-41(23-27-43)14-2-6-34-8-18-41)31(40(45)46)33(37-30)39-11-5-17-44(21-13-39)28-24-42(25-29-44)15-3-7-35-9-19-42;;;;/h34-35H,2-29H2,1H3;4*1H/q+4;;;;/p-4. The number of quaternary nitrogens is 4. The van der Waals surface area contributed by atoms with Crippen LogP contribution >= 0.6 is 0 Å². The molecule has 0 aliphatic carbocycles. The average molecular weight is 964 g/mol. The third-order valence-corrected chi connectivity index (χ3v) is 13.2. The maximum absolute atomic E-state index is 12.9. The highest BCUT2D eigenvalue weighted by Gasteiger charge is 2.46. The number of nitrogens with one attached hydrogen (secondary N) is 2. The highest BCUT2D eigenvalue weighted by molar-refractivity contribution is 5.72. The van der Waals surface area contributed by atoms with E-state index >= 15 is 0 Å². The second-order valence-electron chi connectivity index (χ2n) is 15.9. The Labute approximate surface area is 342 Å². The molecule has 4 spiro atoms. The summed E-state index contributed by atoms with van der Waals surface area (Å²) in [4.78, 5) is 26.8. The summed E-state index contributed by atoms with van der Waals surface area (Å²) >= 11 is 0. The minimum Gasteiger partial charge on any atom is -1.00 e. The number of aromatic nitrogens is 2. The Kier molecular flexibility index (Phi) is 16.7. The van der Waals surface area contributed by atoms with E-state index in [9.17, 15) is 10.1 Å². The van der Waals surface area contributed by atoms with Gasteiger partial charge in [-0.25, -0.2) is 9.97 Å². The van der Waals surface area contributed by atoms with Crippen LogP contribution in [0.5, 0.6) is 0 Å². The smallest absolute Gasteiger partial charge is 0.353 e. The van der Waals surface area contributed by atoms with Gasteiger partial charge in [0.25, 0.3) is 0 Å². The summed E-state index contributed by atoms with van der Waals surface area (Å²) in [7, 11) is 0. The quantitative estimate of drug-likeness (QED) is 0.176. The van der Waals surface area contributed by atoms with Crippen molar-refractivity contribution in [2.45, 2.75) is 32.6 Å². The molecule has 0 amide bonds. The first kappa shape index (κ1) is 44.2. The predicted octanol–water partition coefficient (Wildman–Crippen LogP) is -11.6. The minimum absolute atomic E-state index is 0. The van der Waals surface area contributed by atoms with Crippen molar-refractivity contribution in [1.82, 2.24) is 20.6 Å². The summed E-state index contributed by atoms with van der Waals surface area (Å²) in [6.07, 6.45) is 4.66. The van der Waals surface area contributed by atoms with Gasteiger partial charge in [-0.15, -0.1) is 0 Å².